The largest absolute Gasteiger partial charge is 0.477 e. The van der Waals surface area contributed by atoms with E-state index in [1.165, 1.54) is 0 Å². The van der Waals surface area contributed by atoms with Gasteiger partial charge in [0.2, 0.25) is 5.88 Å². The molecule has 2 rings (SSSR count). The highest BCUT2D eigenvalue weighted by Crippen LogP contribution is 2.14. The molecule has 2 aromatic rings. The zero-order chi connectivity index (χ0) is 15.1. The molecule has 0 spiro atoms. The highest BCUT2D eigenvalue weighted by atomic mass is 16.5. The van der Waals surface area contributed by atoms with E-state index in [1.807, 2.05) is 25.5 Å². The molecule has 0 atom stereocenters. The van der Waals surface area contributed by atoms with Crippen molar-refractivity contribution in [2.24, 2.45) is 5.92 Å². The van der Waals surface area contributed by atoms with E-state index in [0.717, 1.165) is 25.3 Å². The van der Waals surface area contributed by atoms with Crippen LogP contribution >= 0.6 is 0 Å². The van der Waals surface area contributed by atoms with Gasteiger partial charge in [0.25, 0.3) is 0 Å². The SMILES string of the molecule is Cc1nc(NCCCn2ccnc2)cc(OCC(C)C)n1. The van der Waals surface area contributed by atoms with E-state index in [-0.39, 0.29) is 0 Å². The molecule has 2 aromatic heterocycles. The lowest BCUT2D eigenvalue weighted by atomic mass is 10.2. The van der Waals surface area contributed by atoms with Crippen molar-refractivity contribution < 1.29 is 4.74 Å². The first-order chi connectivity index (χ1) is 10.1. The number of anilines is 1. The minimum absolute atomic E-state index is 0.479. The minimum Gasteiger partial charge on any atom is -0.477 e. The van der Waals surface area contributed by atoms with Gasteiger partial charge in [-0.2, -0.15) is 4.98 Å². The van der Waals surface area contributed by atoms with E-state index in [2.05, 4.69) is 38.7 Å². The van der Waals surface area contributed by atoms with Crippen LogP contribution < -0.4 is 10.1 Å². The Bertz CT molecular complexity index is 539. The molecule has 1 N–H and O–H groups in total. The topological polar surface area (TPSA) is 64.9 Å². The lowest BCUT2D eigenvalue weighted by molar-refractivity contribution is 0.260. The molecule has 6 heteroatoms. The zero-order valence-electron chi connectivity index (χ0n) is 12.9. The predicted octanol–water partition coefficient (Wildman–Crippen LogP) is 2.52. The normalized spacial score (nSPS) is 10.9. The summed E-state index contributed by atoms with van der Waals surface area (Å²) in [7, 11) is 0. The Balaban J connectivity index is 1.81. The van der Waals surface area contributed by atoms with Crippen molar-refractivity contribution in [2.75, 3.05) is 18.5 Å². The average Bonchev–Trinajstić information content (AvgIpc) is 2.94. The molecule has 0 fully saturated rings. The maximum absolute atomic E-state index is 5.65. The van der Waals surface area contributed by atoms with Crippen LogP contribution in [-0.4, -0.2) is 32.7 Å². The molecule has 0 aliphatic rings. The summed E-state index contributed by atoms with van der Waals surface area (Å²) >= 11 is 0. The molecule has 0 saturated heterocycles. The molecule has 0 radical (unpaired) electrons. The van der Waals surface area contributed by atoms with Gasteiger partial charge in [0.05, 0.1) is 12.9 Å². The molecule has 2 heterocycles. The Morgan fingerprint density at radius 2 is 2.19 bits per heavy atom. The van der Waals surface area contributed by atoms with Crippen molar-refractivity contribution in [3.05, 3.63) is 30.6 Å². The van der Waals surface area contributed by atoms with Gasteiger partial charge >= 0.3 is 0 Å². The third-order valence-corrected chi connectivity index (χ3v) is 2.84. The summed E-state index contributed by atoms with van der Waals surface area (Å²) in [5.74, 6) is 2.64. The summed E-state index contributed by atoms with van der Waals surface area (Å²) in [5, 5.41) is 3.31. The summed E-state index contributed by atoms with van der Waals surface area (Å²) in [6, 6.07) is 1.85. The molecule has 0 aliphatic heterocycles. The molecule has 0 bridgehead atoms. The van der Waals surface area contributed by atoms with Crippen LogP contribution in [0, 0.1) is 12.8 Å². The number of hydrogen-bond donors (Lipinski definition) is 1. The average molecular weight is 289 g/mol. The second-order valence-corrected chi connectivity index (χ2v) is 5.42. The third-order valence-electron chi connectivity index (χ3n) is 2.84. The van der Waals surface area contributed by atoms with Crippen molar-refractivity contribution in [3.8, 4) is 5.88 Å². The molecule has 114 valence electrons. The smallest absolute Gasteiger partial charge is 0.218 e. The lowest BCUT2D eigenvalue weighted by Gasteiger charge is -2.11. The Morgan fingerprint density at radius 1 is 1.33 bits per heavy atom. The van der Waals surface area contributed by atoms with Gasteiger partial charge in [-0.25, -0.2) is 9.97 Å². The Morgan fingerprint density at radius 3 is 2.90 bits per heavy atom. The summed E-state index contributed by atoms with van der Waals surface area (Å²) < 4.78 is 7.71. The number of rotatable bonds is 8. The van der Waals surface area contributed by atoms with Crippen LogP contribution in [0.5, 0.6) is 5.88 Å². The van der Waals surface area contributed by atoms with Crippen molar-refractivity contribution in [3.63, 3.8) is 0 Å². The summed E-state index contributed by atoms with van der Waals surface area (Å²) in [5.41, 5.74) is 0. The minimum atomic E-state index is 0.479. The van der Waals surface area contributed by atoms with Crippen molar-refractivity contribution in [1.82, 2.24) is 19.5 Å². The van der Waals surface area contributed by atoms with E-state index in [9.17, 15) is 0 Å². The van der Waals surface area contributed by atoms with Crippen molar-refractivity contribution in [2.45, 2.75) is 33.7 Å². The number of imidazole rings is 1. The van der Waals surface area contributed by atoms with Crippen LogP contribution in [-0.2, 0) is 6.54 Å². The summed E-state index contributed by atoms with van der Waals surface area (Å²) in [6.07, 6.45) is 6.58. The molecule has 0 unspecified atom stereocenters. The van der Waals surface area contributed by atoms with E-state index in [1.54, 1.807) is 6.20 Å². The first kappa shape index (κ1) is 15.3. The predicted molar refractivity (Wildman–Crippen MR) is 82.4 cm³/mol. The first-order valence-corrected chi connectivity index (χ1v) is 7.31. The fraction of sp³-hybridized carbons (Fsp3) is 0.533. The van der Waals surface area contributed by atoms with Crippen LogP contribution in [0.15, 0.2) is 24.8 Å². The van der Waals surface area contributed by atoms with E-state index in [0.29, 0.717) is 24.2 Å². The van der Waals surface area contributed by atoms with Crippen LogP contribution in [0.1, 0.15) is 26.1 Å². The number of nitrogens with one attached hydrogen (secondary N) is 1. The second kappa shape index (κ2) is 7.61. The van der Waals surface area contributed by atoms with Gasteiger partial charge in [-0.05, 0) is 19.3 Å². The molecule has 6 nitrogen and oxygen atoms in total. The molecular weight excluding hydrogens is 266 g/mol. The summed E-state index contributed by atoms with van der Waals surface area (Å²) in [6.45, 7) is 8.55. The first-order valence-electron chi connectivity index (χ1n) is 7.31. The second-order valence-electron chi connectivity index (χ2n) is 5.42. The fourth-order valence-corrected chi connectivity index (χ4v) is 1.85. The molecule has 0 aliphatic carbocycles. The van der Waals surface area contributed by atoms with Gasteiger partial charge in [0.15, 0.2) is 0 Å². The Labute approximate surface area is 125 Å². The number of aromatic nitrogens is 4. The van der Waals surface area contributed by atoms with Gasteiger partial charge in [0, 0.05) is 31.5 Å². The van der Waals surface area contributed by atoms with Gasteiger partial charge in [0.1, 0.15) is 11.6 Å². The summed E-state index contributed by atoms with van der Waals surface area (Å²) in [4.78, 5) is 12.7. The number of aryl methyl sites for hydroxylation is 2. The zero-order valence-corrected chi connectivity index (χ0v) is 12.9. The molecule has 21 heavy (non-hydrogen) atoms. The maximum atomic E-state index is 5.65. The highest BCUT2D eigenvalue weighted by molar-refractivity contribution is 5.38. The van der Waals surface area contributed by atoms with Crippen LogP contribution in [0.2, 0.25) is 0 Å². The molecule has 0 saturated carbocycles. The molecular formula is C15H23N5O. The van der Waals surface area contributed by atoms with Gasteiger partial charge in [-0.15, -0.1) is 0 Å². The van der Waals surface area contributed by atoms with Crippen molar-refractivity contribution >= 4 is 5.82 Å². The lowest BCUT2D eigenvalue weighted by Crippen LogP contribution is -2.10. The highest BCUT2D eigenvalue weighted by Gasteiger charge is 2.04. The number of ether oxygens (including phenoxy) is 1. The Hall–Kier alpha value is -2.11. The van der Waals surface area contributed by atoms with Crippen LogP contribution in [0.25, 0.3) is 0 Å². The molecule has 0 aromatic carbocycles. The standard InChI is InChI=1S/C15H23N5O/c1-12(2)10-21-15-9-14(18-13(3)19-15)17-5-4-7-20-8-6-16-11-20/h6,8-9,11-12H,4-5,7,10H2,1-3H3,(H,17,18,19). The van der Waals surface area contributed by atoms with Crippen LogP contribution in [0.4, 0.5) is 5.82 Å². The van der Waals surface area contributed by atoms with E-state index >= 15 is 0 Å². The monoisotopic (exact) mass is 289 g/mol. The Kier molecular flexibility index (Phi) is 5.54. The van der Waals surface area contributed by atoms with Gasteiger partial charge in [-0.3, -0.25) is 0 Å². The quantitative estimate of drug-likeness (QED) is 0.756. The van der Waals surface area contributed by atoms with Crippen molar-refractivity contribution in [1.29, 1.82) is 0 Å². The number of nitrogens with zero attached hydrogens (tertiary/aromatic N) is 4. The maximum Gasteiger partial charge on any atom is 0.218 e. The third kappa shape index (κ3) is 5.41. The van der Waals surface area contributed by atoms with E-state index in [4.69, 9.17) is 4.74 Å². The number of hydrogen-bond acceptors (Lipinski definition) is 5. The van der Waals surface area contributed by atoms with Gasteiger partial charge in [-0.1, -0.05) is 13.8 Å². The fourth-order valence-electron chi connectivity index (χ4n) is 1.85. The van der Waals surface area contributed by atoms with Crippen LogP contribution in [0.3, 0.4) is 0 Å². The van der Waals surface area contributed by atoms with E-state index < -0.39 is 0 Å². The van der Waals surface area contributed by atoms with Gasteiger partial charge < -0.3 is 14.6 Å². The molecule has 0 amide bonds.